The first-order valence-corrected chi connectivity index (χ1v) is 10.3. The van der Waals surface area contributed by atoms with Crippen LogP contribution in [0.2, 0.25) is 5.02 Å². The van der Waals surface area contributed by atoms with Crippen LogP contribution in [0.1, 0.15) is 35.1 Å². The maximum absolute atomic E-state index is 14.2. The summed E-state index contributed by atoms with van der Waals surface area (Å²) in [7, 11) is 0. The van der Waals surface area contributed by atoms with Gasteiger partial charge < -0.3 is 9.88 Å². The molecule has 1 atom stereocenters. The number of imidazole rings is 1. The first-order chi connectivity index (χ1) is 14.8. The van der Waals surface area contributed by atoms with Crippen molar-refractivity contribution < 1.29 is 9.18 Å². The van der Waals surface area contributed by atoms with Gasteiger partial charge in [-0.25, -0.2) is 9.37 Å². The van der Waals surface area contributed by atoms with Crippen molar-refractivity contribution in [2.75, 3.05) is 0 Å². The van der Waals surface area contributed by atoms with E-state index in [1.165, 1.54) is 6.07 Å². The van der Waals surface area contributed by atoms with Gasteiger partial charge in [0.1, 0.15) is 24.3 Å². The molecule has 2 aromatic heterocycles. The fraction of sp³-hybridized carbons (Fsp3) is 0.273. The van der Waals surface area contributed by atoms with E-state index in [0.717, 1.165) is 29.0 Å². The zero-order chi connectivity index (χ0) is 21.8. The SMILES string of the molecule is Cc1cc2nc3n(c2cc1F)C[C@](C)(NC(=O)c1ccc(-n2cnnc2)cc1Cl)CC3. The summed E-state index contributed by atoms with van der Waals surface area (Å²) >= 11 is 6.41. The fourth-order valence-electron chi connectivity index (χ4n) is 4.11. The molecule has 1 amide bonds. The molecule has 1 aliphatic heterocycles. The van der Waals surface area contributed by atoms with Gasteiger partial charge in [-0.3, -0.25) is 9.36 Å². The van der Waals surface area contributed by atoms with E-state index >= 15 is 0 Å². The van der Waals surface area contributed by atoms with Crippen LogP contribution in [-0.2, 0) is 13.0 Å². The van der Waals surface area contributed by atoms with E-state index in [0.29, 0.717) is 29.1 Å². The Morgan fingerprint density at radius 1 is 1.23 bits per heavy atom. The van der Waals surface area contributed by atoms with Crippen molar-refractivity contribution in [3.8, 4) is 5.69 Å². The van der Waals surface area contributed by atoms with Crippen LogP contribution in [0, 0.1) is 12.7 Å². The highest BCUT2D eigenvalue weighted by Gasteiger charge is 2.34. The Kier molecular flexibility index (Phi) is 4.55. The topological polar surface area (TPSA) is 77.6 Å². The highest BCUT2D eigenvalue weighted by molar-refractivity contribution is 6.34. The maximum atomic E-state index is 14.2. The molecule has 5 rings (SSSR count). The molecule has 0 radical (unpaired) electrons. The molecule has 4 aromatic rings. The van der Waals surface area contributed by atoms with Crippen molar-refractivity contribution in [1.29, 1.82) is 0 Å². The summed E-state index contributed by atoms with van der Waals surface area (Å²) in [5.41, 5.74) is 2.73. The van der Waals surface area contributed by atoms with Crippen LogP contribution in [0.3, 0.4) is 0 Å². The van der Waals surface area contributed by atoms with E-state index in [4.69, 9.17) is 11.6 Å². The van der Waals surface area contributed by atoms with E-state index in [1.807, 2.05) is 11.5 Å². The highest BCUT2D eigenvalue weighted by Crippen LogP contribution is 2.30. The van der Waals surface area contributed by atoms with Crippen LogP contribution in [0.25, 0.3) is 16.7 Å². The molecular weight excluding hydrogens is 419 g/mol. The first-order valence-electron chi connectivity index (χ1n) is 9.95. The van der Waals surface area contributed by atoms with Gasteiger partial charge in [0.25, 0.3) is 5.91 Å². The zero-order valence-electron chi connectivity index (χ0n) is 17.1. The molecular formula is C22H20ClFN6O. The predicted octanol–water partition coefficient (Wildman–Crippen LogP) is 3.85. The fourth-order valence-corrected chi connectivity index (χ4v) is 4.37. The Morgan fingerprint density at radius 2 is 2.00 bits per heavy atom. The van der Waals surface area contributed by atoms with Gasteiger partial charge in [-0.05, 0) is 50.1 Å². The number of hydrogen-bond acceptors (Lipinski definition) is 4. The number of fused-ring (bicyclic) bond motifs is 3. The number of halogens is 2. The summed E-state index contributed by atoms with van der Waals surface area (Å²) in [6.45, 7) is 4.23. The third-order valence-corrected chi connectivity index (χ3v) is 6.16. The molecule has 0 bridgehead atoms. The number of nitrogens with one attached hydrogen (secondary N) is 1. The average Bonchev–Trinajstić information content (AvgIpc) is 3.36. The Hall–Kier alpha value is -3.26. The highest BCUT2D eigenvalue weighted by atomic mass is 35.5. The van der Waals surface area contributed by atoms with Crippen LogP contribution in [0.4, 0.5) is 4.39 Å². The number of rotatable bonds is 3. The molecule has 0 fully saturated rings. The van der Waals surface area contributed by atoms with Gasteiger partial charge >= 0.3 is 0 Å². The summed E-state index contributed by atoms with van der Waals surface area (Å²) in [5.74, 6) is 0.396. The van der Waals surface area contributed by atoms with Gasteiger partial charge in [-0.15, -0.1) is 10.2 Å². The lowest BCUT2D eigenvalue weighted by molar-refractivity contribution is 0.0883. The number of benzene rings is 2. The van der Waals surface area contributed by atoms with Gasteiger partial charge in [0.15, 0.2) is 0 Å². The van der Waals surface area contributed by atoms with Crippen molar-refractivity contribution in [3.63, 3.8) is 0 Å². The van der Waals surface area contributed by atoms with Crippen LogP contribution < -0.4 is 5.32 Å². The summed E-state index contributed by atoms with van der Waals surface area (Å²) in [6, 6.07) is 8.48. The number of hydrogen-bond donors (Lipinski definition) is 1. The number of nitrogens with zero attached hydrogens (tertiary/aromatic N) is 5. The monoisotopic (exact) mass is 438 g/mol. The number of aryl methyl sites for hydroxylation is 2. The molecule has 0 aliphatic carbocycles. The minimum Gasteiger partial charge on any atom is -0.345 e. The molecule has 31 heavy (non-hydrogen) atoms. The smallest absolute Gasteiger partial charge is 0.253 e. The van der Waals surface area contributed by atoms with Crippen LogP contribution in [-0.4, -0.2) is 35.8 Å². The minimum atomic E-state index is -0.519. The molecule has 3 heterocycles. The molecule has 1 N–H and O–H groups in total. The summed E-state index contributed by atoms with van der Waals surface area (Å²) in [6.07, 6.45) is 4.53. The molecule has 9 heteroatoms. The standard InChI is InChI=1S/C22H20ClFN6O/c1-13-7-18-19(9-17(13)24)30-10-22(2,6-5-20(30)27-18)28-21(31)15-4-3-14(8-16(15)23)29-11-25-26-12-29/h3-4,7-9,11-12H,5-6,10H2,1-2H3,(H,28,31)/t22-/m1/s1. The Bertz CT molecular complexity index is 1320. The van der Waals surface area contributed by atoms with Crippen LogP contribution in [0.5, 0.6) is 0 Å². The van der Waals surface area contributed by atoms with Crippen molar-refractivity contribution >= 4 is 28.5 Å². The lowest BCUT2D eigenvalue weighted by Gasteiger charge is -2.35. The largest absolute Gasteiger partial charge is 0.345 e. The van der Waals surface area contributed by atoms with E-state index in [-0.39, 0.29) is 11.7 Å². The van der Waals surface area contributed by atoms with Crippen molar-refractivity contribution in [2.45, 2.75) is 38.8 Å². The van der Waals surface area contributed by atoms with Crippen molar-refractivity contribution in [3.05, 3.63) is 70.8 Å². The Balaban J connectivity index is 1.40. The predicted molar refractivity (Wildman–Crippen MR) is 115 cm³/mol. The van der Waals surface area contributed by atoms with Gasteiger partial charge in [-0.1, -0.05) is 11.6 Å². The molecule has 2 aromatic carbocycles. The third-order valence-electron chi connectivity index (χ3n) is 5.84. The van der Waals surface area contributed by atoms with Crippen LogP contribution >= 0.6 is 11.6 Å². The quantitative estimate of drug-likeness (QED) is 0.527. The average molecular weight is 439 g/mol. The number of amides is 1. The molecule has 0 saturated carbocycles. The third kappa shape index (κ3) is 3.46. The van der Waals surface area contributed by atoms with E-state index in [9.17, 15) is 9.18 Å². The van der Waals surface area contributed by atoms with Gasteiger partial charge in [0.05, 0.1) is 27.2 Å². The molecule has 1 aliphatic rings. The number of carbonyl (C=O) groups excluding carboxylic acids is 1. The number of carbonyl (C=O) groups is 1. The van der Waals surface area contributed by atoms with Gasteiger partial charge in [0, 0.05) is 24.7 Å². The summed E-state index contributed by atoms with van der Waals surface area (Å²) < 4.78 is 17.9. The van der Waals surface area contributed by atoms with E-state index in [2.05, 4.69) is 20.5 Å². The lowest BCUT2D eigenvalue weighted by atomic mass is 9.91. The Labute approximate surface area is 182 Å². The second-order valence-corrected chi connectivity index (χ2v) is 8.66. The number of aromatic nitrogens is 5. The normalized spacial score (nSPS) is 18.2. The Morgan fingerprint density at radius 3 is 2.74 bits per heavy atom. The van der Waals surface area contributed by atoms with Crippen molar-refractivity contribution in [2.24, 2.45) is 0 Å². The second-order valence-electron chi connectivity index (χ2n) is 8.25. The molecule has 0 saturated heterocycles. The maximum Gasteiger partial charge on any atom is 0.253 e. The minimum absolute atomic E-state index is 0.252. The van der Waals surface area contributed by atoms with Gasteiger partial charge in [-0.2, -0.15) is 0 Å². The van der Waals surface area contributed by atoms with Crippen LogP contribution in [0.15, 0.2) is 43.0 Å². The lowest BCUT2D eigenvalue weighted by Crippen LogP contribution is -2.51. The summed E-state index contributed by atoms with van der Waals surface area (Å²) in [4.78, 5) is 17.7. The summed E-state index contributed by atoms with van der Waals surface area (Å²) in [5, 5.41) is 11.0. The van der Waals surface area contributed by atoms with Crippen molar-refractivity contribution in [1.82, 2.24) is 29.6 Å². The van der Waals surface area contributed by atoms with Gasteiger partial charge in [0.2, 0.25) is 0 Å². The zero-order valence-corrected chi connectivity index (χ0v) is 17.8. The molecule has 0 unspecified atom stereocenters. The molecule has 0 spiro atoms. The van der Waals surface area contributed by atoms with E-state index in [1.54, 1.807) is 48.4 Å². The molecule has 158 valence electrons. The first kappa shape index (κ1) is 19.7. The van der Waals surface area contributed by atoms with E-state index < -0.39 is 5.54 Å². The molecule has 7 nitrogen and oxygen atoms in total. The second kappa shape index (κ2) is 7.16.